The Balaban J connectivity index is 1.72. The maximum Gasteiger partial charge on any atom is 0.354 e. The number of amides is 2. The molecule has 7 heteroatoms. The molecule has 0 aliphatic carbocycles. The fraction of sp³-hybridized carbons (Fsp3) is 0.333. The lowest BCUT2D eigenvalue weighted by Crippen LogP contribution is -2.42. The molecule has 0 bridgehead atoms. The molecule has 146 valence electrons. The van der Waals surface area contributed by atoms with Crippen molar-refractivity contribution in [1.82, 2.24) is 9.88 Å². The van der Waals surface area contributed by atoms with E-state index in [9.17, 15) is 14.4 Å². The molecule has 7 nitrogen and oxygen atoms in total. The highest BCUT2D eigenvalue weighted by Gasteiger charge is 2.24. The van der Waals surface area contributed by atoms with Crippen molar-refractivity contribution < 1.29 is 19.5 Å². The Morgan fingerprint density at radius 2 is 1.89 bits per heavy atom. The number of likely N-dealkylation sites (tertiary alicyclic amines) is 1. The molecule has 0 spiro atoms. The van der Waals surface area contributed by atoms with Gasteiger partial charge in [-0.25, -0.2) is 9.78 Å². The highest BCUT2D eigenvalue weighted by atomic mass is 16.4. The van der Waals surface area contributed by atoms with Crippen LogP contribution in [0.15, 0.2) is 36.5 Å². The largest absolute Gasteiger partial charge is 0.477 e. The number of carboxylic acid groups (broad SMARTS) is 1. The second kappa shape index (κ2) is 8.21. The molecule has 1 fully saturated rings. The number of carboxylic acids is 1. The number of nitrogens with zero attached hydrogens (tertiary/aromatic N) is 2. The number of aromatic nitrogens is 1. The minimum atomic E-state index is -1.15. The van der Waals surface area contributed by atoms with Crippen molar-refractivity contribution in [3.63, 3.8) is 0 Å². The maximum absolute atomic E-state index is 12.8. The van der Waals surface area contributed by atoms with Gasteiger partial charge in [-0.3, -0.25) is 9.59 Å². The summed E-state index contributed by atoms with van der Waals surface area (Å²) < 4.78 is 0. The first-order chi connectivity index (χ1) is 13.4. The molecule has 1 aliphatic heterocycles. The van der Waals surface area contributed by atoms with E-state index in [-0.39, 0.29) is 23.2 Å². The van der Waals surface area contributed by atoms with Gasteiger partial charge in [0.2, 0.25) is 0 Å². The van der Waals surface area contributed by atoms with E-state index in [0.717, 1.165) is 31.4 Å². The zero-order valence-corrected chi connectivity index (χ0v) is 15.9. The van der Waals surface area contributed by atoms with Gasteiger partial charge in [0, 0.05) is 30.0 Å². The summed E-state index contributed by atoms with van der Waals surface area (Å²) in [5, 5.41) is 11.7. The smallest absolute Gasteiger partial charge is 0.354 e. The number of nitrogens with one attached hydrogen (secondary N) is 1. The Kier molecular flexibility index (Phi) is 5.73. The first kappa shape index (κ1) is 19.5. The summed E-state index contributed by atoms with van der Waals surface area (Å²) in [4.78, 5) is 41.7. The molecule has 2 N–H and O–H groups in total. The van der Waals surface area contributed by atoms with Crippen LogP contribution in [0.1, 0.15) is 63.0 Å². The van der Waals surface area contributed by atoms with Gasteiger partial charge in [0.25, 0.3) is 11.8 Å². The molecule has 28 heavy (non-hydrogen) atoms. The van der Waals surface area contributed by atoms with Crippen LogP contribution in [0.4, 0.5) is 5.69 Å². The standard InChI is InChI=1S/C21H23N3O4/c1-13-11-15(20(26)24-10-4-3-5-14(24)2)6-8-17(13)23-19(25)16-7-9-18(21(27)28)22-12-16/h6-9,11-12,14H,3-5,10H2,1-2H3,(H,23,25)(H,27,28). The van der Waals surface area contributed by atoms with Crippen molar-refractivity contribution in [2.24, 2.45) is 0 Å². The molecule has 1 saturated heterocycles. The number of aromatic carboxylic acids is 1. The van der Waals surface area contributed by atoms with Crippen molar-refractivity contribution in [3.05, 3.63) is 58.9 Å². The maximum atomic E-state index is 12.8. The van der Waals surface area contributed by atoms with Gasteiger partial charge >= 0.3 is 5.97 Å². The predicted octanol–water partition coefficient (Wildman–Crippen LogP) is 3.36. The fourth-order valence-electron chi connectivity index (χ4n) is 3.35. The Morgan fingerprint density at radius 1 is 1.14 bits per heavy atom. The topological polar surface area (TPSA) is 99.6 Å². The van der Waals surface area contributed by atoms with Gasteiger partial charge in [0.1, 0.15) is 5.69 Å². The number of aryl methyl sites for hydroxylation is 1. The Labute approximate surface area is 163 Å². The van der Waals surface area contributed by atoms with Crippen LogP contribution < -0.4 is 5.32 Å². The molecule has 1 atom stereocenters. The van der Waals surface area contributed by atoms with Gasteiger partial charge in [-0.2, -0.15) is 0 Å². The van der Waals surface area contributed by atoms with Crippen LogP contribution in [0, 0.1) is 6.92 Å². The molecule has 2 heterocycles. The third-order valence-corrected chi connectivity index (χ3v) is 5.03. The Morgan fingerprint density at radius 3 is 2.50 bits per heavy atom. The molecule has 1 aliphatic rings. The molecule has 2 amide bonds. The van der Waals surface area contributed by atoms with Crippen LogP contribution in [0.5, 0.6) is 0 Å². The van der Waals surface area contributed by atoms with E-state index < -0.39 is 11.9 Å². The van der Waals surface area contributed by atoms with Gasteiger partial charge in [-0.05, 0) is 69.0 Å². The molecule has 0 radical (unpaired) electrons. The summed E-state index contributed by atoms with van der Waals surface area (Å²) in [7, 11) is 0. The molecular formula is C21H23N3O4. The van der Waals surface area contributed by atoms with Crippen LogP contribution in [0.25, 0.3) is 0 Å². The van der Waals surface area contributed by atoms with E-state index in [4.69, 9.17) is 5.11 Å². The zero-order valence-electron chi connectivity index (χ0n) is 15.9. The second-order valence-electron chi connectivity index (χ2n) is 7.06. The number of rotatable bonds is 4. The number of benzene rings is 1. The van der Waals surface area contributed by atoms with E-state index in [0.29, 0.717) is 11.3 Å². The number of hydrogen-bond donors (Lipinski definition) is 2. The number of piperidine rings is 1. The van der Waals surface area contributed by atoms with Gasteiger partial charge in [-0.1, -0.05) is 0 Å². The normalized spacial score (nSPS) is 16.5. The number of hydrogen-bond acceptors (Lipinski definition) is 4. The van der Waals surface area contributed by atoms with E-state index in [1.807, 2.05) is 11.8 Å². The van der Waals surface area contributed by atoms with Crippen molar-refractivity contribution in [1.29, 1.82) is 0 Å². The van der Waals surface area contributed by atoms with E-state index in [1.165, 1.54) is 18.3 Å². The zero-order chi connectivity index (χ0) is 20.3. The van der Waals surface area contributed by atoms with Crippen molar-refractivity contribution in [2.45, 2.75) is 39.2 Å². The monoisotopic (exact) mass is 381 g/mol. The lowest BCUT2D eigenvalue weighted by molar-refractivity contribution is 0.0634. The predicted molar refractivity (Wildman–Crippen MR) is 105 cm³/mol. The average molecular weight is 381 g/mol. The third kappa shape index (κ3) is 4.19. The minimum absolute atomic E-state index is 0.0154. The second-order valence-corrected chi connectivity index (χ2v) is 7.06. The number of anilines is 1. The first-order valence-corrected chi connectivity index (χ1v) is 9.29. The Bertz CT molecular complexity index is 908. The average Bonchev–Trinajstić information content (AvgIpc) is 2.69. The van der Waals surface area contributed by atoms with Crippen molar-refractivity contribution in [2.75, 3.05) is 11.9 Å². The fourth-order valence-corrected chi connectivity index (χ4v) is 3.35. The summed E-state index contributed by atoms with van der Waals surface area (Å²) in [6, 6.07) is 8.15. The summed E-state index contributed by atoms with van der Waals surface area (Å²) >= 11 is 0. The molecule has 1 unspecified atom stereocenters. The Hall–Kier alpha value is -3.22. The highest BCUT2D eigenvalue weighted by molar-refractivity contribution is 6.05. The summed E-state index contributed by atoms with van der Waals surface area (Å²) in [6.45, 7) is 4.68. The van der Waals surface area contributed by atoms with Crippen LogP contribution in [0.3, 0.4) is 0 Å². The van der Waals surface area contributed by atoms with Crippen LogP contribution in [-0.2, 0) is 0 Å². The number of carbonyl (C=O) groups excluding carboxylic acids is 2. The van der Waals surface area contributed by atoms with E-state index >= 15 is 0 Å². The lowest BCUT2D eigenvalue weighted by Gasteiger charge is -2.33. The lowest BCUT2D eigenvalue weighted by atomic mass is 10.0. The van der Waals surface area contributed by atoms with Gasteiger partial charge in [0.15, 0.2) is 0 Å². The van der Waals surface area contributed by atoms with E-state index in [1.54, 1.807) is 18.2 Å². The third-order valence-electron chi connectivity index (χ3n) is 5.03. The van der Waals surface area contributed by atoms with Gasteiger partial charge < -0.3 is 15.3 Å². The highest BCUT2D eigenvalue weighted by Crippen LogP contribution is 2.22. The molecule has 0 saturated carbocycles. The molecule has 1 aromatic heterocycles. The van der Waals surface area contributed by atoms with Crippen LogP contribution in [-0.4, -0.2) is 45.4 Å². The first-order valence-electron chi connectivity index (χ1n) is 9.29. The number of pyridine rings is 1. The summed E-state index contributed by atoms with van der Waals surface area (Å²) in [5.74, 6) is -1.52. The van der Waals surface area contributed by atoms with Crippen molar-refractivity contribution >= 4 is 23.5 Å². The molecule has 2 aromatic rings. The van der Waals surface area contributed by atoms with Crippen LogP contribution in [0.2, 0.25) is 0 Å². The molecule has 3 rings (SSSR count). The van der Waals surface area contributed by atoms with Gasteiger partial charge in [0.05, 0.1) is 5.56 Å². The summed E-state index contributed by atoms with van der Waals surface area (Å²) in [5.41, 5.74) is 2.11. The van der Waals surface area contributed by atoms with Crippen LogP contribution >= 0.6 is 0 Å². The SMILES string of the molecule is Cc1cc(C(=O)N2CCCCC2C)ccc1NC(=O)c1ccc(C(=O)O)nc1. The quantitative estimate of drug-likeness (QED) is 0.846. The molecule has 1 aromatic carbocycles. The van der Waals surface area contributed by atoms with Gasteiger partial charge in [-0.15, -0.1) is 0 Å². The number of carbonyl (C=O) groups is 3. The minimum Gasteiger partial charge on any atom is -0.477 e. The molecular weight excluding hydrogens is 358 g/mol. The van der Waals surface area contributed by atoms with Crippen molar-refractivity contribution in [3.8, 4) is 0 Å². The summed E-state index contributed by atoms with van der Waals surface area (Å²) in [6.07, 6.45) is 4.42. The van der Waals surface area contributed by atoms with E-state index in [2.05, 4.69) is 17.2 Å².